The van der Waals surface area contributed by atoms with Gasteiger partial charge in [0.2, 0.25) is 17.7 Å². The molecule has 2 aromatic rings. The fourth-order valence-electron chi connectivity index (χ4n) is 5.81. The number of carbonyl (C=O) groups is 4. The third-order valence-electron chi connectivity index (χ3n) is 8.34. The van der Waals surface area contributed by atoms with Gasteiger partial charge in [0.25, 0.3) is 5.91 Å². The van der Waals surface area contributed by atoms with Gasteiger partial charge in [0, 0.05) is 37.1 Å². The Hall–Kier alpha value is -3.96. The molecule has 5 rings (SSSR count). The first-order chi connectivity index (χ1) is 24.4. The largest absolute Gasteiger partial charge is 0.485 e. The lowest BCUT2D eigenvalue weighted by molar-refractivity contribution is -0.134. The van der Waals surface area contributed by atoms with E-state index in [-0.39, 0.29) is 86.7 Å². The van der Waals surface area contributed by atoms with Gasteiger partial charge >= 0.3 is 0 Å². The zero-order valence-corrected chi connectivity index (χ0v) is 28.7. The van der Waals surface area contributed by atoms with E-state index in [0.29, 0.717) is 57.0 Å². The highest BCUT2D eigenvalue weighted by atomic mass is 32.1. The second kappa shape index (κ2) is 19.4. The topological polar surface area (TPSA) is 167 Å². The molecule has 2 bridgehead atoms. The van der Waals surface area contributed by atoms with Crippen molar-refractivity contribution in [2.45, 2.75) is 56.7 Å². The first-order valence-electron chi connectivity index (χ1n) is 16.9. The zero-order chi connectivity index (χ0) is 35.1. The summed E-state index contributed by atoms with van der Waals surface area (Å²) in [5, 5.41) is 10.6. The molecule has 272 valence electrons. The lowest BCUT2D eigenvalue weighted by atomic mass is 9.90. The van der Waals surface area contributed by atoms with Crippen molar-refractivity contribution in [1.82, 2.24) is 15.6 Å². The van der Waals surface area contributed by atoms with Gasteiger partial charge in [-0.3, -0.25) is 24.5 Å². The van der Waals surface area contributed by atoms with Crippen molar-refractivity contribution < 1.29 is 47.3 Å². The lowest BCUT2D eigenvalue weighted by Gasteiger charge is -2.31. The van der Waals surface area contributed by atoms with Gasteiger partial charge in [0.1, 0.15) is 12.1 Å². The van der Waals surface area contributed by atoms with E-state index in [1.54, 1.807) is 24.3 Å². The zero-order valence-electron chi connectivity index (χ0n) is 27.9. The Balaban J connectivity index is 0.818. The van der Waals surface area contributed by atoms with E-state index >= 15 is 0 Å². The monoisotopic (exact) mass is 717 g/mol. The van der Waals surface area contributed by atoms with Gasteiger partial charge < -0.3 is 39.2 Å². The standard InChI is InChI=1S/C34H44FN5O9S/c35-18-28(17-25-22-50-34(38-25)40-19-26-5-6-27(20-40)49-26)48-21-32(43)36-10-12-46-14-16-47-15-13-45-11-9-31(42)37-24-3-1-23(2-4-24)29-7-8-30(41)39-33(29)44/h1-4,18,22,26-27,29H,5-17,19-21H2,(H,36,43)(H,37,42)(H,39,41,44)/b28-18-. The van der Waals surface area contributed by atoms with Crippen LogP contribution in [0.5, 0.6) is 0 Å². The summed E-state index contributed by atoms with van der Waals surface area (Å²) >= 11 is 1.51. The maximum Gasteiger partial charge on any atom is 0.258 e. The Morgan fingerprint density at radius 3 is 2.38 bits per heavy atom. The highest BCUT2D eigenvalue weighted by Crippen LogP contribution is 2.31. The van der Waals surface area contributed by atoms with Gasteiger partial charge in [0.15, 0.2) is 11.7 Å². The molecule has 0 spiro atoms. The van der Waals surface area contributed by atoms with Crippen LogP contribution in [0, 0.1) is 0 Å². The van der Waals surface area contributed by atoms with Crippen LogP contribution in [-0.4, -0.2) is 107 Å². The molecular formula is C34H44FN5O9S. The number of benzene rings is 1. The average Bonchev–Trinajstić information content (AvgIpc) is 3.72. The molecule has 3 saturated heterocycles. The number of aromatic nitrogens is 1. The van der Waals surface area contributed by atoms with Crippen molar-refractivity contribution in [1.29, 1.82) is 0 Å². The summed E-state index contributed by atoms with van der Waals surface area (Å²) in [6.45, 7) is 3.41. The molecule has 16 heteroatoms. The van der Waals surface area contributed by atoms with Crippen LogP contribution in [-0.2, 0) is 49.3 Å². The Labute approximate surface area is 294 Å². The van der Waals surface area contributed by atoms with Gasteiger partial charge in [-0.15, -0.1) is 11.3 Å². The van der Waals surface area contributed by atoms with Crippen LogP contribution in [0.3, 0.4) is 0 Å². The number of amides is 4. The number of thiazole rings is 1. The molecule has 3 N–H and O–H groups in total. The summed E-state index contributed by atoms with van der Waals surface area (Å²) in [7, 11) is 0. The number of piperidine rings is 1. The molecule has 3 aliphatic rings. The van der Waals surface area contributed by atoms with Crippen LogP contribution >= 0.6 is 11.3 Å². The number of fused-ring (bicyclic) bond motifs is 2. The van der Waals surface area contributed by atoms with E-state index in [1.807, 2.05) is 5.38 Å². The highest BCUT2D eigenvalue weighted by Gasteiger charge is 2.34. The van der Waals surface area contributed by atoms with Crippen molar-refractivity contribution in [2.75, 3.05) is 76.1 Å². The number of nitrogens with zero attached hydrogens (tertiary/aromatic N) is 2. The van der Waals surface area contributed by atoms with Crippen molar-refractivity contribution in [3.05, 3.63) is 53.0 Å². The number of hydrogen-bond donors (Lipinski definition) is 3. The van der Waals surface area contributed by atoms with Crippen LogP contribution in [0.2, 0.25) is 0 Å². The van der Waals surface area contributed by atoms with Crippen LogP contribution in [0.25, 0.3) is 0 Å². The maximum absolute atomic E-state index is 13.4. The Bertz CT molecular complexity index is 1460. The third kappa shape index (κ3) is 11.8. The molecule has 3 unspecified atom stereocenters. The quantitative estimate of drug-likeness (QED) is 0.105. The number of anilines is 2. The Morgan fingerprint density at radius 1 is 0.980 bits per heavy atom. The van der Waals surface area contributed by atoms with Crippen molar-refractivity contribution in [2.24, 2.45) is 0 Å². The number of hydrogen-bond acceptors (Lipinski definition) is 12. The van der Waals surface area contributed by atoms with E-state index < -0.39 is 0 Å². The van der Waals surface area contributed by atoms with E-state index in [2.05, 4.69) is 25.8 Å². The Kier molecular flexibility index (Phi) is 14.5. The van der Waals surface area contributed by atoms with Gasteiger partial charge in [0.05, 0.1) is 76.3 Å². The Morgan fingerprint density at radius 2 is 1.68 bits per heavy atom. The van der Waals surface area contributed by atoms with Crippen molar-refractivity contribution in [3.8, 4) is 0 Å². The smallest absolute Gasteiger partial charge is 0.258 e. The van der Waals surface area contributed by atoms with Crippen LogP contribution in [0.1, 0.15) is 49.3 Å². The minimum absolute atomic E-state index is 0.0374. The summed E-state index contributed by atoms with van der Waals surface area (Å²) < 4.78 is 41.0. The first kappa shape index (κ1) is 37.3. The van der Waals surface area contributed by atoms with E-state index in [4.69, 9.17) is 23.7 Å². The molecule has 1 aromatic heterocycles. The SMILES string of the molecule is O=C(CO/C(=C\F)Cc1csc(N2CC3CCC(C2)O3)n1)NCCOCCOCCOCCC(=O)Nc1ccc(C2CCC(=O)NC2=O)cc1. The number of nitrogens with one attached hydrogen (secondary N) is 3. The molecular weight excluding hydrogens is 673 g/mol. The molecule has 3 fully saturated rings. The van der Waals surface area contributed by atoms with E-state index in [0.717, 1.165) is 36.6 Å². The highest BCUT2D eigenvalue weighted by molar-refractivity contribution is 7.13. The fraction of sp³-hybridized carbons (Fsp3) is 0.559. The van der Waals surface area contributed by atoms with Crippen molar-refractivity contribution >= 4 is 45.8 Å². The van der Waals surface area contributed by atoms with Crippen LogP contribution in [0.15, 0.2) is 41.7 Å². The summed E-state index contributed by atoms with van der Waals surface area (Å²) in [6, 6.07) is 7.01. The summed E-state index contributed by atoms with van der Waals surface area (Å²) in [4.78, 5) is 54.5. The molecule has 14 nitrogen and oxygen atoms in total. The van der Waals surface area contributed by atoms with Gasteiger partial charge in [-0.2, -0.15) is 0 Å². The molecule has 1 aromatic carbocycles. The number of carbonyl (C=O) groups excluding carboxylic acids is 4. The average molecular weight is 718 g/mol. The predicted octanol–water partition coefficient (Wildman–Crippen LogP) is 2.60. The van der Waals surface area contributed by atoms with Gasteiger partial charge in [-0.05, 0) is 37.0 Å². The second-order valence-corrected chi connectivity index (χ2v) is 13.0. The lowest BCUT2D eigenvalue weighted by Crippen LogP contribution is -2.42. The van der Waals surface area contributed by atoms with Crippen LogP contribution < -0.4 is 20.9 Å². The molecule has 50 heavy (non-hydrogen) atoms. The molecule has 0 radical (unpaired) electrons. The number of halogens is 1. The third-order valence-corrected chi connectivity index (χ3v) is 9.29. The summed E-state index contributed by atoms with van der Waals surface area (Å²) in [5.74, 6) is -1.48. The first-order valence-corrected chi connectivity index (χ1v) is 17.7. The molecule has 4 heterocycles. The molecule has 0 saturated carbocycles. The van der Waals surface area contributed by atoms with E-state index in [9.17, 15) is 23.6 Å². The normalized spacial score (nSPS) is 20.5. The molecule has 3 aliphatic heterocycles. The summed E-state index contributed by atoms with van der Waals surface area (Å²) in [5.41, 5.74) is 2.09. The fourth-order valence-corrected chi connectivity index (χ4v) is 6.65. The number of ether oxygens (including phenoxy) is 5. The molecule has 3 atom stereocenters. The number of morpholine rings is 1. The number of allylic oxidation sites excluding steroid dienone is 1. The molecule has 0 aliphatic carbocycles. The number of rotatable bonds is 20. The molecule has 4 amide bonds. The second-order valence-electron chi connectivity index (χ2n) is 12.1. The van der Waals surface area contributed by atoms with Crippen molar-refractivity contribution in [3.63, 3.8) is 0 Å². The van der Waals surface area contributed by atoms with E-state index in [1.165, 1.54) is 11.3 Å². The minimum Gasteiger partial charge on any atom is -0.485 e. The van der Waals surface area contributed by atoms with Crippen LogP contribution in [0.4, 0.5) is 15.2 Å². The number of imide groups is 1. The van der Waals surface area contributed by atoms with Gasteiger partial charge in [-0.1, -0.05) is 12.1 Å². The summed E-state index contributed by atoms with van der Waals surface area (Å²) in [6.07, 6.45) is 4.13. The minimum atomic E-state index is -0.388. The van der Waals surface area contributed by atoms with Gasteiger partial charge in [-0.25, -0.2) is 9.37 Å². The predicted molar refractivity (Wildman–Crippen MR) is 181 cm³/mol. The maximum atomic E-state index is 13.4.